The minimum Gasteiger partial charge on any atom is -0.317 e. The topological polar surface area (TPSA) is 40.6 Å². The van der Waals surface area contributed by atoms with E-state index in [-0.39, 0.29) is 0 Å². The molecule has 0 amide bonds. The van der Waals surface area contributed by atoms with Gasteiger partial charge < -0.3 is 9.13 Å². The molecule has 0 radical (unpaired) electrons. The van der Waals surface area contributed by atoms with Crippen LogP contribution in [0.25, 0.3) is 49.9 Å². The van der Waals surface area contributed by atoms with Crippen LogP contribution in [-0.2, 0) is 0 Å². The quantitative estimate of drug-likeness (QED) is 0.333. The summed E-state index contributed by atoms with van der Waals surface area (Å²) in [6.07, 6.45) is 4.20. The molecule has 0 atom stereocenters. The summed E-state index contributed by atoms with van der Waals surface area (Å²) in [6.45, 7) is 0. The van der Waals surface area contributed by atoms with E-state index >= 15 is 0 Å². The molecule has 3 heterocycles. The van der Waals surface area contributed by atoms with Crippen molar-refractivity contribution in [2.24, 2.45) is 0 Å². The van der Waals surface area contributed by atoms with Gasteiger partial charge in [0.25, 0.3) is 0 Å². The predicted molar refractivity (Wildman–Crippen MR) is 133 cm³/mol. The van der Waals surface area contributed by atoms with Crippen molar-refractivity contribution in [3.8, 4) is 17.1 Å². The molecule has 0 N–H and O–H groups in total. The maximum Gasteiger partial charge on any atom is 0.115 e. The normalized spacial score (nSPS) is 11.6. The molecule has 5 nitrogen and oxygen atoms in total. The second-order valence-corrected chi connectivity index (χ2v) is 8.17. The SMILES string of the molecule is c1ccc2c(c1)ccn2-c1ccc(-n2nc3ccc(-n4ccc5ccccc54)cc3n2)cc1. The smallest absolute Gasteiger partial charge is 0.115 e. The van der Waals surface area contributed by atoms with Crippen LogP contribution in [0, 0.1) is 0 Å². The fraction of sp³-hybridized carbons (Fsp3) is 0. The van der Waals surface area contributed by atoms with Crippen LogP contribution in [-0.4, -0.2) is 24.1 Å². The Kier molecular flexibility index (Phi) is 3.78. The molecule has 0 bridgehead atoms. The second-order valence-electron chi connectivity index (χ2n) is 8.17. The van der Waals surface area contributed by atoms with Gasteiger partial charge in [0.15, 0.2) is 0 Å². The number of hydrogen-bond donors (Lipinski definition) is 0. The summed E-state index contributed by atoms with van der Waals surface area (Å²) in [5, 5.41) is 11.9. The molecule has 5 heteroatoms. The molecule has 0 spiro atoms. The van der Waals surface area contributed by atoms with Gasteiger partial charge in [-0.05, 0) is 77.5 Å². The number of rotatable bonds is 3. The molecule has 0 unspecified atom stereocenters. The van der Waals surface area contributed by atoms with E-state index in [0.29, 0.717) is 0 Å². The molecular formula is C28H19N5. The predicted octanol–water partition coefficient (Wildman–Crippen LogP) is 6.31. The first-order valence-electron chi connectivity index (χ1n) is 10.9. The molecule has 156 valence electrons. The van der Waals surface area contributed by atoms with Gasteiger partial charge in [0, 0.05) is 23.8 Å². The summed E-state index contributed by atoms with van der Waals surface area (Å²) in [5.74, 6) is 0. The van der Waals surface area contributed by atoms with E-state index in [2.05, 4.69) is 119 Å². The molecule has 7 aromatic rings. The first kappa shape index (κ1) is 18.0. The summed E-state index contributed by atoms with van der Waals surface area (Å²) in [4.78, 5) is 1.71. The summed E-state index contributed by atoms with van der Waals surface area (Å²) >= 11 is 0. The third kappa shape index (κ3) is 2.87. The van der Waals surface area contributed by atoms with E-state index < -0.39 is 0 Å². The van der Waals surface area contributed by atoms with Crippen molar-refractivity contribution in [2.75, 3.05) is 0 Å². The lowest BCUT2D eigenvalue weighted by Gasteiger charge is -2.06. The maximum absolute atomic E-state index is 4.76. The fourth-order valence-electron chi connectivity index (χ4n) is 4.53. The molecule has 0 fully saturated rings. The van der Waals surface area contributed by atoms with Gasteiger partial charge in [0.2, 0.25) is 0 Å². The monoisotopic (exact) mass is 425 g/mol. The highest BCUT2D eigenvalue weighted by Gasteiger charge is 2.09. The largest absolute Gasteiger partial charge is 0.317 e. The van der Waals surface area contributed by atoms with Crippen molar-refractivity contribution >= 4 is 32.8 Å². The summed E-state index contributed by atoms with van der Waals surface area (Å²) in [7, 11) is 0. The average Bonchev–Trinajstić information content (AvgIpc) is 3.60. The number of para-hydroxylation sites is 2. The Morgan fingerprint density at radius 1 is 0.455 bits per heavy atom. The Hall–Kier alpha value is -4.64. The highest BCUT2D eigenvalue weighted by atomic mass is 15.5. The highest BCUT2D eigenvalue weighted by Crippen LogP contribution is 2.24. The first-order valence-corrected chi connectivity index (χ1v) is 10.9. The number of aromatic nitrogens is 5. The molecule has 0 saturated carbocycles. The number of nitrogens with zero attached hydrogens (tertiary/aromatic N) is 5. The standard InChI is InChI=1S/C28H19N5/c1-3-7-27-20(5-1)15-17-31(27)22-9-11-23(12-10-22)33-29-25-14-13-24(19-26(25)30-33)32-18-16-21-6-2-4-8-28(21)32/h1-19H. The van der Waals surface area contributed by atoms with Crippen LogP contribution in [0.4, 0.5) is 0 Å². The van der Waals surface area contributed by atoms with Gasteiger partial charge in [-0.1, -0.05) is 36.4 Å². The van der Waals surface area contributed by atoms with Crippen LogP contribution in [0.2, 0.25) is 0 Å². The van der Waals surface area contributed by atoms with Crippen LogP contribution in [0.15, 0.2) is 116 Å². The van der Waals surface area contributed by atoms with Gasteiger partial charge in [-0.25, -0.2) is 0 Å². The van der Waals surface area contributed by atoms with Crippen LogP contribution < -0.4 is 0 Å². The third-order valence-corrected chi connectivity index (χ3v) is 6.20. The van der Waals surface area contributed by atoms with E-state index in [9.17, 15) is 0 Å². The molecular weight excluding hydrogens is 406 g/mol. The molecule has 0 saturated heterocycles. The fourth-order valence-corrected chi connectivity index (χ4v) is 4.53. The Labute approximate surface area is 189 Å². The Morgan fingerprint density at radius 2 is 1.00 bits per heavy atom. The first-order chi connectivity index (χ1) is 16.3. The maximum atomic E-state index is 4.76. The van der Waals surface area contributed by atoms with Crippen LogP contribution in [0.3, 0.4) is 0 Å². The van der Waals surface area contributed by atoms with Crippen molar-refractivity contribution in [3.63, 3.8) is 0 Å². The highest BCUT2D eigenvalue weighted by molar-refractivity contribution is 5.84. The van der Waals surface area contributed by atoms with E-state index in [0.717, 1.165) is 28.1 Å². The minimum atomic E-state index is 0.866. The second kappa shape index (κ2) is 6.93. The zero-order valence-corrected chi connectivity index (χ0v) is 17.7. The molecule has 4 aromatic carbocycles. The molecule has 0 aliphatic heterocycles. The molecule has 0 aliphatic carbocycles. The van der Waals surface area contributed by atoms with Crippen LogP contribution in [0.1, 0.15) is 0 Å². The summed E-state index contributed by atoms with van der Waals surface area (Å²) < 4.78 is 4.38. The molecule has 3 aromatic heterocycles. The lowest BCUT2D eigenvalue weighted by atomic mass is 10.2. The lowest BCUT2D eigenvalue weighted by molar-refractivity contribution is 0.765. The van der Waals surface area contributed by atoms with Crippen LogP contribution in [0.5, 0.6) is 0 Å². The van der Waals surface area contributed by atoms with Crippen molar-refractivity contribution < 1.29 is 0 Å². The summed E-state index contributed by atoms with van der Waals surface area (Å²) in [5.41, 5.74) is 7.22. The molecule has 7 rings (SSSR count). The molecule has 0 aliphatic rings. The van der Waals surface area contributed by atoms with Gasteiger partial charge in [0.05, 0.1) is 16.7 Å². The van der Waals surface area contributed by atoms with Gasteiger partial charge >= 0.3 is 0 Å². The lowest BCUT2D eigenvalue weighted by Crippen LogP contribution is -1.99. The van der Waals surface area contributed by atoms with Gasteiger partial charge in [-0.15, -0.1) is 10.2 Å². The zero-order valence-electron chi connectivity index (χ0n) is 17.7. The summed E-state index contributed by atoms with van der Waals surface area (Å²) in [6, 6.07) is 35.6. The van der Waals surface area contributed by atoms with Crippen LogP contribution >= 0.6 is 0 Å². The third-order valence-electron chi connectivity index (χ3n) is 6.20. The average molecular weight is 425 g/mol. The van der Waals surface area contributed by atoms with Gasteiger partial charge in [-0.2, -0.15) is 4.80 Å². The van der Waals surface area contributed by atoms with E-state index in [1.54, 1.807) is 4.80 Å². The Morgan fingerprint density at radius 3 is 1.70 bits per heavy atom. The van der Waals surface area contributed by atoms with Crippen molar-refractivity contribution in [1.82, 2.24) is 24.1 Å². The number of benzene rings is 4. The van der Waals surface area contributed by atoms with Crippen molar-refractivity contribution in [3.05, 3.63) is 116 Å². The van der Waals surface area contributed by atoms with E-state index in [1.165, 1.54) is 21.8 Å². The van der Waals surface area contributed by atoms with Crippen molar-refractivity contribution in [1.29, 1.82) is 0 Å². The van der Waals surface area contributed by atoms with E-state index in [1.807, 2.05) is 6.07 Å². The van der Waals surface area contributed by atoms with Crippen molar-refractivity contribution in [2.45, 2.75) is 0 Å². The van der Waals surface area contributed by atoms with E-state index in [4.69, 9.17) is 10.2 Å². The Bertz CT molecular complexity index is 1770. The van der Waals surface area contributed by atoms with Gasteiger partial charge in [-0.3, -0.25) is 0 Å². The minimum absolute atomic E-state index is 0.866. The Balaban J connectivity index is 1.25. The zero-order chi connectivity index (χ0) is 21.8. The van der Waals surface area contributed by atoms with Gasteiger partial charge in [0.1, 0.15) is 11.0 Å². The number of hydrogen-bond acceptors (Lipinski definition) is 2. The molecule has 33 heavy (non-hydrogen) atoms. The number of fused-ring (bicyclic) bond motifs is 3.